The lowest BCUT2D eigenvalue weighted by Crippen LogP contribution is -2.37. The summed E-state index contributed by atoms with van der Waals surface area (Å²) in [6.45, 7) is 2.72. The van der Waals surface area contributed by atoms with E-state index in [1.54, 1.807) is 24.0 Å². The fourth-order valence-electron chi connectivity index (χ4n) is 4.07. The van der Waals surface area contributed by atoms with Crippen molar-refractivity contribution in [3.05, 3.63) is 64.8 Å². The molecule has 2 unspecified atom stereocenters. The smallest absolute Gasteiger partial charge is 0.290 e. The van der Waals surface area contributed by atoms with E-state index in [0.29, 0.717) is 18.9 Å². The Kier molecular flexibility index (Phi) is 5.39. The van der Waals surface area contributed by atoms with Gasteiger partial charge in [-0.1, -0.05) is 12.1 Å². The van der Waals surface area contributed by atoms with Crippen molar-refractivity contribution in [2.75, 3.05) is 32.1 Å². The average molecular weight is 410 g/mol. The van der Waals surface area contributed by atoms with Crippen molar-refractivity contribution in [3.63, 3.8) is 0 Å². The van der Waals surface area contributed by atoms with Gasteiger partial charge in [0.15, 0.2) is 11.5 Å². The zero-order chi connectivity index (χ0) is 21.4. The quantitative estimate of drug-likeness (QED) is 0.735. The van der Waals surface area contributed by atoms with Crippen LogP contribution in [-0.4, -0.2) is 55.0 Å². The number of hydrogen-bond acceptors (Lipinski definition) is 6. The van der Waals surface area contributed by atoms with Gasteiger partial charge in [0.25, 0.3) is 5.91 Å². The molecular weight excluding hydrogens is 384 g/mol. The van der Waals surface area contributed by atoms with Crippen LogP contribution in [0.2, 0.25) is 0 Å². The van der Waals surface area contributed by atoms with Crippen molar-refractivity contribution in [3.8, 4) is 0 Å². The van der Waals surface area contributed by atoms with Crippen LogP contribution in [0.15, 0.2) is 52.1 Å². The first kappa shape index (κ1) is 20.2. The third-order valence-electron chi connectivity index (χ3n) is 5.66. The maximum atomic E-state index is 13.2. The standard InChI is InChI=1S/C23H26N2O5/c1-14-6-11-18(30-14)21(26)19-20(15-7-9-16(10-8-15)24(2)3)25(23(28)22(19)27)13-17-5-4-12-29-17/h6-11,17,20,27H,4-5,12-13H2,1-3H3. The molecule has 7 heteroatoms. The van der Waals surface area contributed by atoms with Gasteiger partial charge < -0.3 is 24.1 Å². The number of rotatable bonds is 6. The molecule has 158 valence electrons. The number of nitrogens with zero attached hydrogens (tertiary/aromatic N) is 2. The van der Waals surface area contributed by atoms with Crippen LogP contribution in [0, 0.1) is 6.92 Å². The predicted octanol–water partition coefficient (Wildman–Crippen LogP) is 3.41. The monoisotopic (exact) mass is 410 g/mol. The van der Waals surface area contributed by atoms with Crippen LogP contribution in [0.3, 0.4) is 0 Å². The van der Waals surface area contributed by atoms with E-state index >= 15 is 0 Å². The first-order valence-electron chi connectivity index (χ1n) is 10.1. The number of benzene rings is 1. The van der Waals surface area contributed by atoms with Crippen LogP contribution in [0.5, 0.6) is 0 Å². The summed E-state index contributed by atoms with van der Waals surface area (Å²) in [5, 5.41) is 10.7. The van der Waals surface area contributed by atoms with Crippen molar-refractivity contribution < 1.29 is 23.8 Å². The number of aliphatic hydroxyl groups is 1. The molecule has 0 spiro atoms. The molecule has 2 aliphatic rings. The molecule has 4 rings (SSSR count). The highest BCUT2D eigenvalue weighted by molar-refractivity contribution is 6.15. The summed E-state index contributed by atoms with van der Waals surface area (Å²) in [6, 6.07) is 10.2. The number of aryl methyl sites for hydroxylation is 1. The van der Waals surface area contributed by atoms with Gasteiger partial charge in [0.2, 0.25) is 5.78 Å². The molecule has 0 saturated carbocycles. The zero-order valence-electron chi connectivity index (χ0n) is 17.4. The molecule has 1 saturated heterocycles. The second-order valence-electron chi connectivity index (χ2n) is 7.98. The first-order chi connectivity index (χ1) is 14.4. The minimum absolute atomic E-state index is 0.0463. The van der Waals surface area contributed by atoms with Crippen LogP contribution in [0.1, 0.15) is 40.8 Å². The summed E-state index contributed by atoms with van der Waals surface area (Å²) >= 11 is 0. The number of amides is 1. The van der Waals surface area contributed by atoms with E-state index in [1.165, 1.54) is 0 Å². The van der Waals surface area contributed by atoms with Crippen LogP contribution in [0.4, 0.5) is 5.69 Å². The van der Waals surface area contributed by atoms with Gasteiger partial charge in [0.05, 0.1) is 17.7 Å². The highest BCUT2D eigenvalue weighted by Crippen LogP contribution is 2.40. The Morgan fingerprint density at radius 2 is 1.93 bits per heavy atom. The molecule has 1 amide bonds. The van der Waals surface area contributed by atoms with Gasteiger partial charge >= 0.3 is 0 Å². The maximum absolute atomic E-state index is 13.2. The Bertz CT molecular complexity index is 983. The summed E-state index contributed by atoms with van der Waals surface area (Å²) in [6.07, 6.45) is 1.68. The van der Waals surface area contributed by atoms with Gasteiger partial charge in [-0.3, -0.25) is 9.59 Å². The van der Waals surface area contributed by atoms with E-state index < -0.39 is 23.5 Å². The number of Topliss-reactive ketones (excluding diaryl/α,β-unsaturated/α-hetero) is 1. The molecule has 2 aromatic rings. The Morgan fingerprint density at radius 1 is 1.20 bits per heavy atom. The molecule has 0 aliphatic carbocycles. The number of carbonyl (C=O) groups is 2. The summed E-state index contributed by atoms with van der Waals surface area (Å²) < 4.78 is 11.2. The summed E-state index contributed by atoms with van der Waals surface area (Å²) in [7, 11) is 3.88. The van der Waals surface area contributed by atoms with Crippen molar-refractivity contribution in [2.24, 2.45) is 0 Å². The zero-order valence-corrected chi connectivity index (χ0v) is 17.4. The number of ether oxygens (including phenoxy) is 1. The SMILES string of the molecule is Cc1ccc(C(=O)C2=C(O)C(=O)N(CC3CCCO3)C2c2ccc(N(C)C)cc2)o1. The molecule has 2 atom stereocenters. The predicted molar refractivity (Wildman–Crippen MR) is 112 cm³/mol. The summed E-state index contributed by atoms with van der Waals surface area (Å²) in [4.78, 5) is 29.7. The third kappa shape index (κ3) is 3.61. The number of anilines is 1. The lowest BCUT2D eigenvalue weighted by atomic mass is 9.94. The number of hydrogen-bond donors (Lipinski definition) is 1. The fourth-order valence-corrected chi connectivity index (χ4v) is 4.07. The third-order valence-corrected chi connectivity index (χ3v) is 5.66. The number of carbonyl (C=O) groups excluding carboxylic acids is 2. The van der Waals surface area contributed by atoms with Gasteiger partial charge in [-0.25, -0.2) is 0 Å². The van der Waals surface area contributed by atoms with Crippen molar-refractivity contribution in [1.82, 2.24) is 4.90 Å². The molecular formula is C23H26N2O5. The Morgan fingerprint density at radius 3 is 2.50 bits per heavy atom. The largest absolute Gasteiger partial charge is 0.503 e. The van der Waals surface area contributed by atoms with Gasteiger partial charge in [0, 0.05) is 32.9 Å². The van der Waals surface area contributed by atoms with Gasteiger partial charge in [-0.05, 0) is 49.6 Å². The van der Waals surface area contributed by atoms with Crippen LogP contribution >= 0.6 is 0 Å². The number of furan rings is 1. The molecule has 30 heavy (non-hydrogen) atoms. The van der Waals surface area contributed by atoms with Crippen molar-refractivity contribution >= 4 is 17.4 Å². The molecule has 1 aromatic carbocycles. The van der Waals surface area contributed by atoms with E-state index in [9.17, 15) is 14.7 Å². The molecule has 2 aliphatic heterocycles. The van der Waals surface area contributed by atoms with E-state index in [-0.39, 0.29) is 17.4 Å². The van der Waals surface area contributed by atoms with Crippen molar-refractivity contribution in [1.29, 1.82) is 0 Å². The number of ketones is 1. The minimum atomic E-state index is -0.698. The summed E-state index contributed by atoms with van der Waals surface area (Å²) in [5.41, 5.74) is 1.80. The van der Waals surface area contributed by atoms with Crippen LogP contribution < -0.4 is 4.90 Å². The highest BCUT2D eigenvalue weighted by Gasteiger charge is 2.45. The second-order valence-corrected chi connectivity index (χ2v) is 7.98. The van der Waals surface area contributed by atoms with Gasteiger partial charge in [0.1, 0.15) is 5.76 Å². The molecule has 7 nitrogen and oxygen atoms in total. The Hall–Kier alpha value is -3.06. The average Bonchev–Trinajstić information content (AvgIpc) is 3.45. The lowest BCUT2D eigenvalue weighted by Gasteiger charge is -2.29. The molecule has 0 bridgehead atoms. The van der Waals surface area contributed by atoms with E-state index in [1.807, 2.05) is 43.3 Å². The normalized spacial score (nSPS) is 21.6. The second kappa shape index (κ2) is 7.99. The number of aliphatic hydroxyl groups excluding tert-OH is 1. The molecule has 3 heterocycles. The topological polar surface area (TPSA) is 83.2 Å². The summed E-state index contributed by atoms with van der Waals surface area (Å²) in [5.74, 6) is -0.861. The molecule has 1 fully saturated rings. The highest BCUT2D eigenvalue weighted by atomic mass is 16.5. The molecule has 0 radical (unpaired) electrons. The minimum Gasteiger partial charge on any atom is -0.503 e. The Labute approximate surface area is 175 Å². The van der Waals surface area contributed by atoms with E-state index in [0.717, 1.165) is 24.1 Å². The first-order valence-corrected chi connectivity index (χ1v) is 10.1. The van der Waals surface area contributed by atoms with Crippen LogP contribution in [-0.2, 0) is 9.53 Å². The van der Waals surface area contributed by atoms with Crippen LogP contribution in [0.25, 0.3) is 0 Å². The van der Waals surface area contributed by atoms with Gasteiger partial charge in [-0.2, -0.15) is 0 Å². The van der Waals surface area contributed by atoms with E-state index in [2.05, 4.69) is 0 Å². The Balaban J connectivity index is 1.74. The molecule has 1 aromatic heterocycles. The fraction of sp³-hybridized carbons (Fsp3) is 0.391. The maximum Gasteiger partial charge on any atom is 0.290 e. The lowest BCUT2D eigenvalue weighted by molar-refractivity contribution is -0.131. The van der Waals surface area contributed by atoms with Gasteiger partial charge in [-0.15, -0.1) is 0 Å². The van der Waals surface area contributed by atoms with Crippen molar-refractivity contribution in [2.45, 2.75) is 31.9 Å². The van der Waals surface area contributed by atoms with E-state index in [4.69, 9.17) is 9.15 Å². The molecule has 1 N–H and O–H groups in total.